The maximum Gasteiger partial charge on any atom is 0.239 e. The second kappa shape index (κ2) is 12.2. The first-order chi connectivity index (χ1) is 15.5. The summed E-state index contributed by atoms with van der Waals surface area (Å²) >= 11 is 0. The van der Waals surface area contributed by atoms with Crippen molar-refractivity contribution in [2.45, 2.75) is 65.8 Å². The number of hydrogen-bond acceptors (Lipinski definition) is 4. The standard InChI is InChI=1S/C25H41N5O2/c1-5-26-25(27-18-22-9-8-10-23(17-22)19-32-20(2)3)30-15-13-28(14-16-30)21(4)24(31)29-11-6-7-12-29/h8-10,17,20-21H,5-7,11-16,18-19H2,1-4H3,(H,26,27). The van der Waals surface area contributed by atoms with Gasteiger partial charge in [-0.05, 0) is 51.7 Å². The summed E-state index contributed by atoms with van der Waals surface area (Å²) in [4.78, 5) is 24.3. The van der Waals surface area contributed by atoms with Gasteiger partial charge in [0.05, 0.1) is 25.3 Å². The lowest BCUT2D eigenvalue weighted by Crippen LogP contribution is -2.57. The molecule has 3 rings (SSSR count). The summed E-state index contributed by atoms with van der Waals surface area (Å²) < 4.78 is 5.73. The van der Waals surface area contributed by atoms with Crippen molar-refractivity contribution in [3.63, 3.8) is 0 Å². The highest BCUT2D eigenvalue weighted by Gasteiger charge is 2.30. The Morgan fingerprint density at radius 1 is 1.03 bits per heavy atom. The predicted octanol–water partition coefficient (Wildman–Crippen LogP) is 2.71. The zero-order valence-electron chi connectivity index (χ0n) is 20.3. The summed E-state index contributed by atoms with van der Waals surface area (Å²) in [5.74, 6) is 1.24. The van der Waals surface area contributed by atoms with E-state index in [9.17, 15) is 4.79 Å². The summed E-state index contributed by atoms with van der Waals surface area (Å²) in [7, 11) is 0. The van der Waals surface area contributed by atoms with Crippen LogP contribution in [0.4, 0.5) is 0 Å². The zero-order chi connectivity index (χ0) is 22.9. The molecule has 0 spiro atoms. The molecule has 1 atom stereocenters. The van der Waals surface area contributed by atoms with Crippen LogP contribution in [-0.2, 0) is 22.7 Å². The normalized spacial score (nSPS) is 19.0. The molecule has 0 aliphatic carbocycles. The van der Waals surface area contributed by atoms with Crippen molar-refractivity contribution < 1.29 is 9.53 Å². The average Bonchev–Trinajstić information content (AvgIpc) is 3.35. The van der Waals surface area contributed by atoms with Crippen molar-refractivity contribution in [3.05, 3.63) is 35.4 Å². The number of ether oxygens (including phenoxy) is 1. The van der Waals surface area contributed by atoms with E-state index in [0.717, 1.165) is 64.6 Å². The number of guanidine groups is 1. The van der Waals surface area contributed by atoms with Crippen molar-refractivity contribution in [1.29, 1.82) is 0 Å². The molecule has 2 saturated heterocycles. The van der Waals surface area contributed by atoms with Crippen molar-refractivity contribution in [2.24, 2.45) is 4.99 Å². The van der Waals surface area contributed by atoms with E-state index in [1.165, 1.54) is 11.1 Å². The van der Waals surface area contributed by atoms with Gasteiger partial charge >= 0.3 is 0 Å². The molecule has 0 saturated carbocycles. The number of benzene rings is 1. The number of nitrogens with one attached hydrogen (secondary N) is 1. The Kier molecular flexibility index (Phi) is 9.36. The number of nitrogens with zero attached hydrogens (tertiary/aromatic N) is 4. The molecule has 1 aromatic rings. The Morgan fingerprint density at radius 3 is 2.38 bits per heavy atom. The number of amides is 1. The van der Waals surface area contributed by atoms with Gasteiger partial charge in [-0.3, -0.25) is 9.69 Å². The van der Waals surface area contributed by atoms with Crippen LogP contribution in [0.15, 0.2) is 29.3 Å². The van der Waals surface area contributed by atoms with E-state index in [4.69, 9.17) is 9.73 Å². The van der Waals surface area contributed by atoms with Gasteiger partial charge in [-0.2, -0.15) is 0 Å². The summed E-state index contributed by atoms with van der Waals surface area (Å²) in [6.45, 7) is 15.8. The number of rotatable bonds is 8. The molecule has 7 heteroatoms. The minimum absolute atomic E-state index is 0.0365. The number of likely N-dealkylation sites (tertiary alicyclic amines) is 1. The Morgan fingerprint density at radius 2 is 1.72 bits per heavy atom. The zero-order valence-corrected chi connectivity index (χ0v) is 20.3. The molecule has 178 valence electrons. The molecule has 1 unspecified atom stereocenters. The second-order valence-corrected chi connectivity index (χ2v) is 9.08. The molecule has 0 bridgehead atoms. The largest absolute Gasteiger partial charge is 0.374 e. The molecule has 2 fully saturated rings. The lowest BCUT2D eigenvalue weighted by atomic mass is 10.1. The van der Waals surface area contributed by atoms with Gasteiger partial charge in [-0.1, -0.05) is 24.3 Å². The van der Waals surface area contributed by atoms with Crippen molar-refractivity contribution in [3.8, 4) is 0 Å². The average molecular weight is 444 g/mol. The van der Waals surface area contributed by atoms with Gasteiger partial charge in [0, 0.05) is 45.8 Å². The van der Waals surface area contributed by atoms with Crippen LogP contribution in [0.25, 0.3) is 0 Å². The molecule has 0 aromatic heterocycles. The van der Waals surface area contributed by atoms with E-state index in [0.29, 0.717) is 13.2 Å². The lowest BCUT2D eigenvalue weighted by molar-refractivity contribution is -0.135. The Hall–Kier alpha value is -2.12. The van der Waals surface area contributed by atoms with Crippen LogP contribution in [-0.4, -0.2) is 84.5 Å². The fraction of sp³-hybridized carbons (Fsp3) is 0.680. The molecule has 1 N–H and O–H groups in total. The molecular weight excluding hydrogens is 402 g/mol. The maximum atomic E-state index is 12.8. The van der Waals surface area contributed by atoms with Crippen LogP contribution < -0.4 is 5.32 Å². The van der Waals surface area contributed by atoms with E-state index in [-0.39, 0.29) is 18.1 Å². The van der Waals surface area contributed by atoms with Crippen LogP contribution >= 0.6 is 0 Å². The third-order valence-electron chi connectivity index (χ3n) is 6.26. The van der Waals surface area contributed by atoms with E-state index in [1.54, 1.807) is 0 Å². The van der Waals surface area contributed by atoms with E-state index in [1.807, 2.05) is 4.90 Å². The first-order valence-electron chi connectivity index (χ1n) is 12.2. The van der Waals surface area contributed by atoms with E-state index < -0.39 is 0 Å². The Labute approximate surface area is 193 Å². The summed E-state index contributed by atoms with van der Waals surface area (Å²) in [5.41, 5.74) is 2.37. The van der Waals surface area contributed by atoms with Gasteiger partial charge < -0.3 is 19.9 Å². The van der Waals surface area contributed by atoms with E-state index in [2.05, 4.69) is 67.1 Å². The fourth-order valence-corrected chi connectivity index (χ4v) is 4.35. The summed E-state index contributed by atoms with van der Waals surface area (Å²) in [6.07, 6.45) is 2.51. The van der Waals surface area contributed by atoms with Crippen LogP contribution in [0.3, 0.4) is 0 Å². The monoisotopic (exact) mass is 443 g/mol. The number of carbonyl (C=O) groups is 1. The second-order valence-electron chi connectivity index (χ2n) is 9.08. The maximum absolute atomic E-state index is 12.8. The van der Waals surface area contributed by atoms with Gasteiger partial charge in [0.15, 0.2) is 5.96 Å². The minimum Gasteiger partial charge on any atom is -0.374 e. The third-order valence-corrected chi connectivity index (χ3v) is 6.26. The molecule has 32 heavy (non-hydrogen) atoms. The number of hydrogen-bond donors (Lipinski definition) is 1. The first kappa shape index (κ1) is 24.5. The molecule has 2 aliphatic heterocycles. The first-order valence-corrected chi connectivity index (χ1v) is 12.2. The number of aliphatic imine (C=N–C) groups is 1. The van der Waals surface area contributed by atoms with Gasteiger partial charge in [0.2, 0.25) is 5.91 Å². The van der Waals surface area contributed by atoms with Gasteiger partial charge in [0.25, 0.3) is 0 Å². The van der Waals surface area contributed by atoms with Crippen molar-refractivity contribution in [1.82, 2.24) is 20.0 Å². The topological polar surface area (TPSA) is 60.4 Å². The SMILES string of the molecule is CCNC(=NCc1cccc(COC(C)C)c1)N1CCN(C(C)C(=O)N2CCCC2)CC1. The number of piperazine rings is 1. The molecule has 1 aromatic carbocycles. The van der Waals surface area contributed by atoms with Crippen LogP contribution in [0.2, 0.25) is 0 Å². The Bertz CT molecular complexity index is 752. The highest BCUT2D eigenvalue weighted by Crippen LogP contribution is 2.14. The molecular formula is C25H41N5O2. The molecule has 2 aliphatic rings. The van der Waals surface area contributed by atoms with Crippen molar-refractivity contribution in [2.75, 3.05) is 45.8 Å². The highest BCUT2D eigenvalue weighted by atomic mass is 16.5. The van der Waals surface area contributed by atoms with Crippen molar-refractivity contribution >= 4 is 11.9 Å². The van der Waals surface area contributed by atoms with Crippen LogP contribution in [0.1, 0.15) is 51.7 Å². The lowest BCUT2D eigenvalue weighted by Gasteiger charge is -2.39. The van der Waals surface area contributed by atoms with Gasteiger partial charge in [-0.15, -0.1) is 0 Å². The summed E-state index contributed by atoms with van der Waals surface area (Å²) in [6, 6.07) is 8.44. The smallest absolute Gasteiger partial charge is 0.239 e. The van der Waals surface area contributed by atoms with Crippen LogP contribution in [0, 0.1) is 0 Å². The Balaban J connectivity index is 1.55. The number of carbonyl (C=O) groups excluding carboxylic acids is 1. The third kappa shape index (κ3) is 6.94. The minimum atomic E-state index is -0.0365. The highest BCUT2D eigenvalue weighted by molar-refractivity contribution is 5.82. The van der Waals surface area contributed by atoms with E-state index >= 15 is 0 Å². The predicted molar refractivity (Wildman–Crippen MR) is 130 cm³/mol. The fourth-order valence-electron chi connectivity index (χ4n) is 4.35. The molecule has 1 amide bonds. The molecule has 2 heterocycles. The van der Waals surface area contributed by atoms with Gasteiger partial charge in [-0.25, -0.2) is 4.99 Å². The quantitative estimate of drug-likeness (QED) is 0.495. The molecule has 7 nitrogen and oxygen atoms in total. The van der Waals surface area contributed by atoms with Crippen LogP contribution in [0.5, 0.6) is 0 Å². The van der Waals surface area contributed by atoms with Gasteiger partial charge in [0.1, 0.15) is 0 Å². The molecule has 0 radical (unpaired) electrons. The summed E-state index contributed by atoms with van der Waals surface area (Å²) in [5, 5.41) is 3.45.